The molecule has 3 N–H and O–H groups in total. The van der Waals surface area contributed by atoms with Crippen molar-refractivity contribution < 1.29 is 9.90 Å². The van der Waals surface area contributed by atoms with Crippen LogP contribution in [0.2, 0.25) is 0 Å². The minimum absolute atomic E-state index is 0.00468. The Hall–Kier alpha value is -1.97. The third kappa shape index (κ3) is 1.31. The number of carboxylic acids is 1. The van der Waals surface area contributed by atoms with Gasteiger partial charge < -0.3 is 10.9 Å². The summed E-state index contributed by atoms with van der Waals surface area (Å²) in [7, 11) is 0. The zero-order chi connectivity index (χ0) is 10.1. The van der Waals surface area contributed by atoms with E-state index in [4.69, 9.17) is 10.9 Å². The van der Waals surface area contributed by atoms with Crippen LogP contribution in [-0.2, 0) is 11.2 Å². The number of nitrogens with two attached hydrogens (primary N) is 1. The highest BCUT2D eigenvalue weighted by Crippen LogP contribution is 2.19. The van der Waals surface area contributed by atoms with Crippen LogP contribution in [0, 0.1) is 0 Å². The molecule has 2 aromatic rings. The number of aromatic nitrogens is 1. The fraction of sp³-hybridized carbons (Fsp3) is 0.100. The third-order valence-electron chi connectivity index (χ3n) is 2.16. The highest BCUT2D eigenvalue weighted by Gasteiger charge is 2.08. The van der Waals surface area contributed by atoms with Crippen LogP contribution in [0.3, 0.4) is 0 Å². The second-order valence-corrected chi connectivity index (χ2v) is 3.15. The Morgan fingerprint density at radius 3 is 2.86 bits per heavy atom. The Morgan fingerprint density at radius 1 is 1.43 bits per heavy atom. The molecule has 0 radical (unpaired) electrons. The van der Waals surface area contributed by atoms with Crippen molar-refractivity contribution in [2.45, 2.75) is 6.42 Å². The molecule has 2 rings (SSSR count). The molecule has 0 aliphatic carbocycles. The van der Waals surface area contributed by atoms with E-state index < -0.39 is 5.97 Å². The van der Waals surface area contributed by atoms with Crippen LogP contribution in [0.5, 0.6) is 0 Å². The maximum Gasteiger partial charge on any atom is 0.307 e. The van der Waals surface area contributed by atoms with Crippen LogP contribution < -0.4 is 5.84 Å². The van der Waals surface area contributed by atoms with E-state index in [2.05, 4.69) is 0 Å². The maximum atomic E-state index is 10.6. The number of fused-ring (bicyclic) bond motifs is 1. The quantitative estimate of drug-likeness (QED) is 0.693. The van der Waals surface area contributed by atoms with Crippen LogP contribution in [0.4, 0.5) is 0 Å². The van der Waals surface area contributed by atoms with Crippen LogP contribution in [0.25, 0.3) is 10.9 Å². The van der Waals surface area contributed by atoms with Gasteiger partial charge in [-0.25, -0.2) is 0 Å². The fourth-order valence-electron chi connectivity index (χ4n) is 1.58. The van der Waals surface area contributed by atoms with Crippen molar-refractivity contribution >= 4 is 16.9 Å². The van der Waals surface area contributed by atoms with Crippen molar-refractivity contribution in [3.63, 3.8) is 0 Å². The number of nitrogen functional groups attached to an aromatic ring is 1. The summed E-state index contributed by atoms with van der Waals surface area (Å²) in [6.07, 6.45) is 1.66. The fourth-order valence-corrected chi connectivity index (χ4v) is 1.58. The average Bonchev–Trinajstić information content (AvgIpc) is 2.44. The Morgan fingerprint density at radius 2 is 2.14 bits per heavy atom. The van der Waals surface area contributed by atoms with E-state index in [0.717, 1.165) is 16.5 Å². The molecule has 0 aliphatic heterocycles. The zero-order valence-electron chi connectivity index (χ0n) is 7.47. The van der Waals surface area contributed by atoms with Gasteiger partial charge in [-0.15, -0.1) is 0 Å². The number of nitrogens with zero attached hydrogens (tertiary/aromatic N) is 1. The van der Waals surface area contributed by atoms with Gasteiger partial charge in [0.1, 0.15) is 0 Å². The van der Waals surface area contributed by atoms with Crippen molar-refractivity contribution in [2.75, 3.05) is 5.84 Å². The summed E-state index contributed by atoms with van der Waals surface area (Å²) in [5.41, 5.74) is 1.60. The molecule has 0 fully saturated rings. The van der Waals surface area contributed by atoms with Gasteiger partial charge in [0.2, 0.25) is 0 Å². The van der Waals surface area contributed by atoms with Gasteiger partial charge in [-0.05, 0) is 11.6 Å². The molecule has 72 valence electrons. The van der Waals surface area contributed by atoms with Gasteiger partial charge in [0.15, 0.2) is 0 Å². The normalized spacial score (nSPS) is 10.6. The minimum Gasteiger partial charge on any atom is -0.481 e. The van der Waals surface area contributed by atoms with Crippen molar-refractivity contribution in [3.05, 3.63) is 36.0 Å². The van der Waals surface area contributed by atoms with Gasteiger partial charge in [0.05, 0.1) is 11.9 Å². The zero-order valence-corrected chi connectivity index (χ0v) is 7.47. The molecule has 0 atom stereocenters. The molecule has 0 aliphatic rings. The lowest BCUT2D eigenvalue weighted by Gasteiger charge is -1.93. The second kappa shape index (κ2) is 3.06. The van der Waals surface area contributed by atoms with Crippen LogP contribution >= 0.6 is 0 Å². The summed E-state index contributed by atoms with van der Waals surface area (Å²) >= 11 is 0. The summed E-state index contributed by atoms with van der Waals surface area (Å²) < 4.78 is 1.45. The van der Waals surface area contributed by atoms with E-state index in [1.807, 2.05) is 24.3 Å². The Labute approximate surface area is 80.5 Å². The largest absolute Gasteiger partial charge is 0.481 e. The second-order valence-electron chi connectivity index (χ2n) is 3.15. The highest BCUT2D eigenvalue weighted by atomic mass is 16.4. The molecule has 4 heteroatoms. The first-order valence-corrected chi connectivity index (χ1v) is 4.24. The average molecular weight is 190 g/mol. The molecule has 4 nitrogen and oxygen atoms in total. The maximum absolute atomic E-state index is 10.6. The van der Waals surface area contributed by atoms with E-state index in [-0.39, 0.29) is 6.42 Å². The molecule has 0 saturated heterocycles. The highest BCUT2D eigenvalue weighted by molar-refractivity contribution is 5.87. The van der Waals surface area contributed by atoms with Crippen molar-refractivity contribution in [1.82, 2.24) is 4.68 Å². The summed E-state index contributed by atoms with van der Waals surface area (Å²) in [5, 5.41) is 9.59. The van der Waals surface area contributed by atoms with Crippen molar-refractivity contribution in [3.8, 4) is 0 Å². The number of carboxylic acid groups (broad SMARTS) is 1. The number of benzene rings is 1. The van der Waals surface area contributed by atoms with Gasteiger partial charge in [-0.3, -0.25) is 9.47 Å². The lowest BCUT2D eigenvalue weighted by Crippen LogP contribution is -2.05. The smallest absolute Gasteiger partial charge is 0.307 e. The molecule has 0 amide bonds. The standard InChI is InChI=1S/C10H10N2O2/c11-12-6-7(5-10(13)14)8-3-1-2-4-9(8)12/h1-4,6H,5,11H2,(H,13,14). The Bertz CT molecular complexity index is 488. The summed E-state index contributed by atoms with van der Waals surface area (Å²) in [6, 6.07) is 7.47. The van der Waals surface area contributed by atoms with Crippen molar-refractivity contribution in [1.29, 1.82) is 0 Å². The molecule has 1 aromatic carbocycles. The van der Waals surface area contributed by atoms with Crippen LogP contribution in [-0.4, -0.2) is 15.8 Å². The predicted molar refractivity (Wildman–Crippen MR) is 53.4 cm³/mol. The predicted octanol–water partition coefficient (Wildman–Crippen LogP) is 0.982. The summed E-state index contributed by atoms with van der Waals surface area (Å²) in [6.45, 7) is 0. The van der Waals surface area contributed by atoms with Gasteiger partial charge in [0, 0.05) is 11.6 Å². The molecule has 0 spiro atoms. The van der Waals surface area contributed by atoms with E-state index in [1.165, 1.54) is 4.68 Å². The number of rotatable bonds is 2. The third-order valence-corrected chi connectivity index (χ3v) is 2.16. The van der Waals surface area contributed by atoms with Gasteiger partial charge in [0.25, 0.3) is 0 Å². The van der Waals surface area contributed by atoms with Crippen LogP contribution in [0.15, 0.2) is 30.5 Å². The monoisotopic (exact) mass is 190 g/mol. The van der Waals surface area contributed by atoms with E-state index in [1.54, 1.807) is 6.20 Å². The first-order valence-electron chi connectivity index (χ1n) is 4.24. The molecule has 14 heavy (non-hydrogen) atoms. The Balaban J connectivity index is 2.60. The SMILES string of the molecule is Nn1cc(CC(=O)O)c2ccccc21. The minimum atomic E-state index is -0.846. The summed E-state index contributed by atoms with van der Waals surface area (Å²) in [4.78, 5) is 10.6. The number of aliphatic carboxylic acids is 1. The van der Waals surface area contributed by atoms with Crippen LogP contribution in [0.1, 0.15) is 5.56 Å². The molecule has 0 unspecified atom stereocenters. The van der Waals surface area contributed by atoms with E-state index >= 15 is 0 Å². The van der Waals surface area contributed by atoms with Gasteiger partial charge in [-0.2, -0.15) is 0 Å². The molecule has 0 saturated carbocycles. The topological polar surface area (TPSA) is 68.2 Å². The lowest BCUT2D eigenvalue weighted by atomic mass is 10.1. The first kappa shape index (κ1) is 8.62. The lowest BCUT2D eigenvalue weighted by molar-refractivity contribution is -0.136. The molecule has 1 heterocycles. The number of para-hydroxylation sites is 1. The number of carbonyl (C=O) groups is 1. The van der Waals surface area contributed by atoms with Crippen molar-refractivity contribution in [2.24, 2.45) is 0 Å². The van der Waals surface area contributed by atoms with E-state index in [9.17, 15) is 4.79 Å². The first-order chi connectivity index (χ1) is 6.68. The molecule has 0 bridgehead atoms. The summed E-state index contributed by atoms with van der Waals surface area (Å²) in [5.74, 6) is 4.83. The number of hydrogen-bond donors (Lipinski definition) is 2. The Kier molecular flexibility index (Phi) is 1.89. The van der Waals surface area contributed by atoms with E-state index in [0.29, 0.717) is 0 Å². The molecular formula is C10H10N2O2. The van der Waals surface area contributed by atoms with Gasteiger partial charge >= 0.3 is 5.97 Å². The molecular weight excluding hydrogens is 180 g/mol. The number of hydrogen-bond acceptors (Lipinski definition) is 2. The molecule has 1 aromatic heterocycles. The van der Waals surface area contributed by atoms with Gasteiger partial charge in [-0.1, -0.05) is 18.2 Å².